The molecule has 4 nitrogen and oxygen atoms in total. The van der Waals surface area contributed by atoms with Crippen LogP contribution in [0.15, 0.2) is 16.3 Å². The molecule has 1 N–H and O–H groups in total. The van der Waals surface area contributed by atoms with Crippen LogP contribution in [0.4, 0.5) is 0 Å². The molecule has 6 heteroatoms. The van der Waals surface area contributed by atoms with Crippen molar-refractivity contribution in [2.75, 3.05) is 14.1 Å². The Labute approximate surface area is 126 Å². The Kier molecular flexibility index (Phi) is 5.23. The molecule has 114 valence electrons. The minimum absolute atomic E-state index is 0.145. The molecule has 20 heavy (non-hydrogen) atoms. The van der Waals surface area contributed by atoms with Gasteiger partial charge < -0.3 is 5.32 Å². The van der Waals surface area contributed by atoms with E-state index in [9.17, 15) is 8.42 Å². The smallest absolute Gasteiger partial charge is 0.244 e. The molecule has 2 atom stereocenters. The quantitative estimate of drug-likeness (QED) is 0.908. The maximum atomic E-state index is 12.8. The van der Waals surface area contributed by atoms with Gasteiger partial charge in [0.25, 0.3) is 0 Å². The predicted octanol–water partition coefficient (Wildman–Crippen LogP) is 2.67. The molecule has 0 aliphatic heterocycles. The lowest BCUT2D eigenvalue weighted by atomic mass is 9.87. The standard InChI is InChI=1S/C14H24N2O2S2/c1-11-5-4-6-12(9-11)16(3)20(17,18)14-7-8-19-13(14)10-15-2/h7-8,11-12,15H,4-6,9-10H2,1-3H3. The number of nitrogens with zero attached hydrogens (tertiary/aromatic N) is 1. The highest BCUT2D eigenvalue weighted by Gasteiger charge is 2.32. The Morgan fingerprint density at radius 2 is 2.20 bits per heavy atom. The van der Waals surface area contributed by atoms with Crippen LogP contribution in [0.5, 0.6) is 0 Å². The lowest BCUT2D eigenvalue weighted by Gasteiger charge is -2.33. The Morgan fingerprint density at radius 1 is 1.45 bits per heavy atom. The summed E-state index contributed by atoms with van der Waals surface area (Å²) in [6.45, 7) is 2.81. The molecule has 0 saturated heterocycles. The fraction of sp³-hybridized carbons (Fsp3) is 0.714. The average molecular weight is 316 g/mol. The van der Waals surface area contributed by atoms with Crippen molar-refractivity contribution >= 4 is 21.4 Å². The molecule has 1 aliphatic carbocycles. The largest absolute Gasteiger partial charge is 0.315 e. The van der Waals surface area contributed by atoms with Gasteiger partial charge in [0, 0.05) is 24.5 Å². The van der Waals surface area contributed by atoms with Crippen molar-refractivity contribution in [1.82, 2.24) is 9.62 Å². The summed E-state index contributed by atoms with van der Waals surface area (Å²) in [7, 11) is 0.203. The number of hydrogen-bond donors (Lipinski definition) is 1. The molecule has 1 fully saturated rings. The molecule has 1 saturated carbocycles. The number of thiophene rings is 1. The SMILES string of the molecule is CNCc1sccc1S(=O)(=O)N(C)C1CCCC(C)C1. The minimum atomic E-state index is -3.37. The lowest BCUT2D eigenvalue weighted by molar-refractivity contribution is 0.239. The number of hydrogen-bond acceptors (Lipinski definition) is 4. The monoisotopic (exact) mass is 316 g/mol. The van der Waals surface area contributed by atoms with Crippen molar-refractivity contribution in [3.63, 3.8) is 0 Å². The lowest BCUT2D eigenvalue weighted by Crippen LogP contribution is -2.40. The maximum Gasteiger partial charge on any atom is 0.244 e. The van der Waals surface area contributed by atoms with Crippen LogP contribution in [0, 0.1) is 5.92 Å². The zero-order valence-electron chi connectivity index (χ0n) is 12.4. The molecular weight excluding hydrogens is 292 g/mol. The number of sulfonamides is 1. The van der Waals surface area contributed by atoms with E-state index in [0.717, 1.165) is 24.1 Å². The summed E-state index contributed by atoms with van der Waals surface area (Å²) in [6, 6.07) is 1.88. The molecule has 0 spiro atoms. The maximum absolute atomic E-state index is 12.8. The third-order valence-electron chi connectivity index (χ3n) is 4.12. The number of nitrogens with one attached hydrogen (secondary N) is 1. The Hall–Kier alpha value is -0.430. The first-order valence-electron chi connectivity index (χ1n) is 7.15. The van der Waals surface area contributed by atoms with Gasteiger partial charge in [-0.2, -0.15) is 4.31 Å². The van der Waals surface area contributed by atoms with Crippen LogP contribution in [0.3, 0.4) is 0 Å². The van der Waals surface area contributed by atoms with E-state index in [1.807, 2.05) is 12.4 Å². The third-order valence-corrected chi connectivity index (χ3v) is 7.17. The number of rotatable bonds is 5. The normalized spacial score (nSPS) is 24.2. The van der Waals surface area contributed by atoms with E-state index in [0.29, 0.717) is 17.4 Å². The first kappa shape index (κ1) is 15.9. The van der Waals surface area contributed by atoms with E-state index < -0.39 is 10.0 Å². The van der Waals surface area contributed by atoms with Gasteiger partial charge in [-0.05, 0) is 37.3 Å². The summed E-state index contributed by atoms with van der Waals surface area (Å²) in [5.74, 6) is 0.616. The molecule has 1 aromatic heterocycles. The topological polar surface area (TPSA) is 49.4 Å². The zero-order valence-corrected chi connectivity index (χ0v) is 14.1. The highest BCUT2D eigenvalue weighted by molar-refractivity contribution is 7.89. The molecule has 1 aromatic rings. The van der Waals surface area contributed by atoms with Crippen molar-refractivity contribution in [2.24, 2.45) is 5.92 Å². The van der Waals surface area contributed by atoms with Crippen LogP contribution < -0.4 is 5.32 Å². The van der Waals surface area contributed by atoms with Crippen LogP contribution >= 0.6 is 11.3 Å². The average Bonchev–Trinajstić information content (AvgIpc) is 2.87. The van der Waals surface area contributed by atoms with Crippen molar-refractivity contribution in [1.29, 1.82) is 0 Å². The zero-order chi connectivity index (χ0) is 14.8. The summed E-state index contributed by atoms with van der Waals surface area (Å²) in [5.41, 5.74) is 0. The van der Waals surface area contributed by atoms with Crippen LogP contribution in [-0.2, 0) is 16.6 Å². The van der Waals surface area contributed by atoms with E-state index in [4.69, 9.17) is 0 Å². The van der Waals surface area contributed by atoms with Crippen LogP contribution in [0.25, 0.3) is 0 Å². The Morgan fingerprint density at radius 3 is 2.85 bits per heavy atom. The second-order valence-corrected chi connectivity index (χ2v) is 8.65. The summed E-state index contributed by atoms with van der Waals surface area (Å²) in [6.07, 6.45) is 4.29. The van der Waals surface area contributed by atoms with Gasteiger partial charge in [0.15, 0.2) is 0 Å². The van der Waals surface area contributed by atoms with Crippen LogP contribution in [0.1, 0.15) is 37.5 Å². The molecule has 2 rings (SSSR count). The highest BCUT2D eigenvalue weighted by Crippen LogP contribution is 2.31. The van der Waals surface area contributed by atoms with E-state index >= 15 is 0 Å². The molecule has 1 heterocycles. The molecule has 0 bridgehead atoms. The fourth-order valence-corrected chi connectivity index (χ4v) is 5.75. The van der Waals surface area contributed by atoms with Crippen molar-refractivity contribution in [3.05, 3.63) is 16.3 Å². The second kappa shape index (κ2) is 6.56. The third kappa shape index (κ3) is 3.24. The molecule has 1 aliphatic rings. The van der Waals surface area contributed by atoms with Gasteiger partial charge in [0.1, 0.15) is 0 Å². The second-order valence-electron chi connectivity index (χ2n) is 5.69. The van der Waals surface area contributed by atoms with Crippen molar-refractivity contribution < 1.29 is 8.42 Å². The van der Waals surface area contributed by atoms with Gasteiger partial charge in [-0.25, -0.2) is 8.42 Å². The highest BCUT2D eigenvalue weighted by atomic mass is 32.2. The molecular formula is C14H24N2O2S2. The molecule has 2 unspecified atom stereocenters. The van der Waals surface area contributed by atoms with Gasteiger partial charge in [-0.1, -0.05) is 19.8 Å². The molecule has 0 amide bonds. The summed E-state index contributed by atoms with van der Waals surface area (Å²) in [4.78, 5) is 1.36. The van der Waals surface area contributed by atoms with Crippen LogP contribution in [-0.4, -0.2) is 32.9 Å². The summed E-state index contributed by atoms with van der Waals surface area (Å²) >= 11 is 1.50. The fourth-order valence-electron chi connectivity index (χ4n) is 2.93. The van der Waals surface area contributed by atoms with Gasteiger partial charge in [-0.3, -0.25) is 0 Å². The molecule has 0 aromatic carbocycles. The Bertz CT molecular complexity index is 539. The minimum Gasteiger partial charge on any atom is -0.315 e. The Balaban J connectivity index is 2.22. The van der Waals surface area contributed by atoms with Crippen molar-refractivity contribution in [2.45, 2.75) is 50.1 Å². The van der Waals surface area contributed by atoms with Gasteiger partial charge in [0.2, 0.25) is 10.0 Å². The van der Waals surface area contributed by atoms with Crippen molar-refractivity contribution in [3.8, 4) is 0 Å². The van der Waals surface area contributed by atoms with Crippen LogP contribution in [0.2, 0.25) is 0 Å². The van der Waals surface area contributed by atoms with E-state index in [1.54, 1.807) is 17.4 Å². The summed E-state index contributed by atoms with van der Waals surface area (Å²) < 4.78 is 27.2. The van der Waals surface area contributed by atoms with Gasteiger partial charge in [0.05, 0.1) is 4.90 Å². The first-order valence-corrected chi connectivity index (χ1v) is 9.47. The van der Waals surface area contributed by atoms with E-state index in [2.05, 4.69) is 12.2 Å². The van der Waals surface area contributed by atoms with Gasteiger partial charge >= 0.3 is 0 Å². The first-order chi connectivity index (χ1) is 9.46. The van der Waals surface area contributed by atoms with Gasteiger partial charge in [-0.15, -0.1) is 11.3 Å². The predicted molar refractivity (Wildman–Crippen MR) is 83.5 cm³/mol. The van der Waals surface area contributed by atoms with E-state index in [1.165, 1.54) is 17.8 Å². The summed E-state index contributed by atoms with van der Waals surface area (Å²) in [5, 5.41) is 4.89. The molecule has 0 radical (unpaired) electrons. The van der Waals surface area contributed by atoms with E-state index in [-0.39, 0.29) is 6.04 Å².